The van der Waals surface area contributed by atoms with Crippen molar-refractivity contribution >= 4 is 11.6 Å². The molecule has 3 nitrogen and oxygen atoms in total. The number of amides is 1. The first-order valence-corrected chi connectivity index (χ1v) is 4.22. The second kappa shape index (κ2) is 3.15. The zero-order valence-electron chi connectivity index (χ0n) is 7.51. The molecule has 0 fully saturated rings. The number of alkyl halides is 3. The fourth-order valence-corrected chi connectivity index (χ4v) is 1.46. The molecule has 1 aliphatic heterocycles. The number of carbonyl (C=O) groups excluding carboxylic acids is 1. The summed E-state index contributed by atoms with van der Waals surface area (Å²) in [5.74, 6) is -0.480. The Balaban J connectivity index is 2.50. The number of benzene rings is 1. The monoisotopic (exact) mass is 216 g/mol. The molecule has 1 amide bonds. The second-order valence-corrected chi connectivity index (χ2v) is 3.08. The summed E-state index contributed by atoms with van der Waals surface area (Å²) >= 11 is 0. The first-order chi connectivity index (χ1) is 7.00. The molecule has 0 aliphatic carbocycles. The molecule has 80 valence electrons. The van der Waals surface area contributed by atoms with Crippen molar-refractivity contribution in [3.05, 3.63) is 29.8 Å². The maximum absolute atomic E-state index is 12.5. The van der Waals surface area contributed by atoms with Crippen LogP contribution in [0.25, 0.3) is 0 Å². The molecular formula is C9H7F3N2O. The average molecular weight is 216 g/mol. The third-order valence-electron chi connectivity index (χ3n) is 2.14. The van der Waals surface area contributed by atoms with Gasteiger partial charge in [0.2, 0.25) is 0 Å². The lowest BCUT2D eigenvalue weighted by molar-refractivity contribution is -0.130. The normalized spacial score (nSPS) is 15.9. The Hall–Kier alpha value is -1.72. The molecule has 0 atom stereocenters. The van der Waals surface area contributed by atoms with E-state index in [0.717, 1.165) is 0 Å². The van der Waals surface area contributed by atoms with Gasteiger partial charge in [0, 0.05) is 0 Å². The van der Waals surface area contributed by atoms with Gasteiger partial charge in [0.1, 0.15) is 0 Å². The van der Waals surface area contributed by atoms with Crippen LogP contribution in [-0.4, -0.2) is 18.9 Å². The van der Waals surface area contributed by atoms with Crippen LogP contribution in [0.15, 0.2) is 24.3 Å². The summed E-state index contributed by atoms with van der Waals surface area (Å²) in [5, 5.41) is 2.16. The van der Waals surface area contributed by atoms with E-state index in [4.69, 9.17) is 0 Å². The third kappa shape index (κ3) is 1.62. The SMILES string of the molecule is O=C1NCN(C(F)(F)F)c2ccccc21. The highest BCUT2D eigenvalue weighted by Gasteiger charge is 2.41. The standard InChI is InChI=1S/C9H7F3N2O/c10-9(11,12)14-5-13-8(15)6-3-1-2-4-7(6)14/h1-4H,5H2,(H,13,15). The van der Waals surface area contributed by atoms with Crippen LogP contribution in [-0.2, 0) is 0 Å². The van der Waals surface area contributed by atoms with Gasteiger partial charge in [-0.3, -0.25) is 9.69 Å². The van der Waals surface area contributed by atoms with Gasteiger partial charge in [-0.05, 0) is 12.1 Å². The third-order valence-corrected chi connectivity index (χ3v) is 2.14. The van der Waals surface area contributed by atoms with Gasteiger partial charge in [0.25, 0.3) is 5.91 Å². The largest absolute Gasteiger partial charge is 0.486 e. The van der Waals surface area contributed by atoms with Crippen molar-refractivity contribution in [3.63, 3.8) is 0 Å². The summed E-state index contributed by atoms with van der Waals surface area (Å²) in [6.45, 7) is -0.542. The summed E-state index contributed by atoms with van der Waals surface area (Å²) in [7, 11) is 0. The van der Waals surface area contributed by atoms with Crippen LogP contribution in [0.2, 0.25) is 0 Å². The van der Waals surface area contributed by atoms with E-state index in [1.54, 1.807) is 0 Å². The van der Waals surface area contributed by atoms with Gasteiger partial charge in [-0.1, -0.05) is 12.1 Å². The number of anilines is 1. The van der Waals surface area contributed by atoms with Crippen molar-refractivity contribution in [2.24, 2.45) is 0 Å². The summed E-state index contributed by atoms with van der Waals surface area (Å²) in [6, 6.07) is 5.64. The number of fused-ring (bicyclic) bond motifs is 1. The van der Waals surface area contributed by atoms with Crippen LogP contribution in [0.3, 0.4) is 0 Å². The van der Waals surface area contributed by atoms with Crippen molar-refractivity contribution in [2.75, 3.05) is 11.6 Å². The zero-order valence-corrected chi connectivity index (χ0v) is 7.51. The van der Waals surface area contributed by atoms with Gasteiger partial charge in [0.15, 0.2) is 0 Å². The van der Waals surface area contributed by atoms with Crippen LogP contribution in [0.5, 0.6) is 0 Å². The van der Waals surface area contributed by atoms with Gasteiger partial charge in [-0.2, -0.15) is 13.2 Å². The minimum absolute atomic E-state index is 0.0427. The maximum Gasteiger partial charge on any atom is 0.486 e. The predicted molar refractivity (Wildman–Crippen MR) is 47.3 cm³/mol. The summed E-state index contributed by atoms with van der Waals surface area (Å²) in [6.07, 6.45) is -4.48. The molecule has 0 bridgehead atoms. The second-order valence-electron chi connectivity index (χ2n) is 3.08. The number of hydrogen-bond acceptors (Lipinski definition) is 2. The molecule has 0 spiro atoms. The van der Waals surface area contributed by atoms with Gasteiger partial charge in [0.05, 0.1) is 17.9 Å². The van der Waals surface area contributed by atoms with E-state index in [1.807, 2.05) is 0 Å². The van der Waals surface area contributed by atoms with E-state index in [2.05, 4.69) is 5.32 Å². The first-order valence-electron chi connectivity index (χ1n) is 4.22. The minimum Gasteiger partial charge on any atom is -0.334 e. The van der Waals surface area contributed by atoms with Crippen LogP contribution in [0, 0.1) is 0 Å². The summed E-state index contributed by atoms with van der Waals surface area (Å²) in [5.41, 5.74) is -0.0603. The highest BCUT2D eigenvalue weighted by Crippen LogP contribution is 2.32. The van der Waals surface area contributed by atoms with E-state index in [0.29, 0.717) is 0 Å². The molecule has 1 heterocycles. The number of nitrogens with one attached hydrogen (secondary N) is 1. The number of hydrogen-bond donors (Lipinski definition) is 1. The van der Waals surface area contributed by atoms with Crippen molar-refractivity contribution in [1.29, 1.82) is 0 Å². The van der Waals surface area contributed by atoms with Crippen LogP contribution in [0.1, 0.15) is 10.4 Å². The van der Waals surface area contributed by atoms with Crippen molar-refractivity contribution in [2.45, 2.75) is 6.30 Å². The Bertz CT molecular complexity index is 403. The van der Waals surface area contributed by atoms with Crippen molar-refractivity contribution in [1.82, 2.24) is 5.32 Å². The van der Waals surface area contributed by atoms with Crippen LogP contribution < -0.4 is 10.2 Å². The highest BCUT2D eigenvalue weighted by atomic mass is 19.4. The molecule has 0 radical (unpaired) electrons. The zero-order chi connectivity index (χ0) is 11.1. The van der Waals surface area contributed by atoms with Crippen molar-refractivity contribution < 1.29 is 18.0 Å². The molecule has 6 heteroatoms. The number of rotatable bonds is 0. The fourth-order valence-electron chi connectivity index (χ4n) is 1.46. The Morgan fingerprint density at radius 1 is 1.27 bits per heavy atom. The molecule has 15 heavy (non-hydrogen) atoms. The molecule has 2 rings (SSSR count). The lowest BCUT2D eigenvalue weighted by atomic mass is 10.1. The lowest BCUT2D eigenvalue weighted by Crippen LogP contribution is -2.50. The smallest absolute Gasteiger partial charge is 0.334 e. The van der Waals surface area contributed by atoms with E-state index in [9.17, 15) is 18.0 Å². The molecule has 1 N–H and O–H groups in total. The molecule has 0 saturated carbocycles. The molecule has 0 unspecified atom stereocenters. The Morgan fingerprint density at radius 3 is 2.60 bits per heavy atom. The van der Waals surface area contributed by atoms with E-state index in [-0.39, 0.29) is 16.2 Å². The van der Waals surface area contributed by atoms with E-state index < -0.39 is 18.9 Å². The fraction of sp³-hybridized carbons (Fsp3) is 0.222. The van der Waals surface area contributed by atoms with Gasteiger partial charge in [-0.25, -0.2) is 0 Å². The van der Waals surface area contributed by atoms with Gasteiger partial charge >= 0.3 is 6.30 Å². The minimum atomic E-state index is -4.48. The quantitative estimate of drug-likeness (QED) is 0.669. The van der Waals surface area contributed by atoms with Crippen LogP contribution >= 0.6 is 0 Å². The summed E-state index contributed by atoms with van der Waals surface area (Å²) in [4.78, 5) is 11.5. The first kappa shape index (κ1) is 9.82. The van der Waals surface area contributed by atoms with E-state index >= 15 is 0 Å². The summed E-state index contributed by atoms with van der Waals surface area (Å²) < 4.78 is 37.6. The number of carbonyl (C=O) groups is 1. The Morgan fingerprint density at radius 2 is 1.93 bits per heavy atom. The average Bonchev–Trinajstić information content (AvgIpc) is 2.17. The van der Waals surface area contributed by atoms with Crippen molar-refractivity contribution in [3.8, 4) is 0 Å². The Labute approximate surface area is 83.5 Å². The van der Waals surface area contributed by atoms with Gasteiger partial charge in [-0.15, -0.1) is 0 Å². The molecule has 1 aliphatic rings. The topological polar surface area (TPSA) is 32.3 Å². The Kier molecular flexibility index (Phi) is 2.06. The van der Waals surface area contributed by atoms with E-state index in [1.165, 1.54) is 24.3 Å². The van der Waals surface area contributed by atoms with Gasteiger partial charge < -0.3 is 5.32 Å². The lowest BCUT2D eigenvalue weighted by Gasteiger charge is -2.32. The number of halogens is 3. The number of nitrogens with zero attached hydrogens (tertiary/aromatic N) is 1. The molecule has 0 saturated heterocycles. The highest BCUT2D eigenvalue weighted by molar-refractivity contribution is 6.01. The number of para-hydroxylation sites is 1. The maximum atomic E-state index is 12.5. The van der Waals surface area contributed by atoms with Crippen LogP contribution in [0.4, 0.5) is 18.9 Å². The predicted octanol–water partition coefficient (Wildman–Crippen LogP) is 1.71. The molecule has 1 aromatic rings. The molecule has 0 aromatic heterocycles. The molecular weight excluding hydrogens is 209 g/mol. The molecule has 1 aromatic carbocycles.